The molecule has 4 nitrogen and oxygen atoms in total. The Hall–Kier alpha value is -0.360. The summed E-state index contributed by atoms with van der Waals surface area (Å²) < 4.78 is 9.49. The van der Waals surface area contributed by atoms with Gasteiger partial charge < -0.3 is 9.47 Å². The lowest BCUT2D eigenvalue weighted by molar-refractivity contribution is -0.141. The van der Waals surface area contributed by atoms with Crippen LogP contribution < -0.4 is 0 Å². The minimum atomic E-state index is -0.152. The smallest absolute Gasteiger partial charge is 0.306 e. The highest BCUT2D eigenvalue weighted by molar-refractivity contribution is 7.99. The van der Waals surface area contributed by atoms with Crippen molar-refractivity contribution < 1.29 is 19.1 Å². The second-order valence-electron chi connectivity index (χ2n) is 2.93. The standard InChI is InChI=1S/C10H18O4S2/c1-2-5-15-9-14-10(12)4-3-6-16-8-13-7-11/h7H,2-6,8-9H2,1H3. The van der Waals surface area contributed by atoms with E-state index in [4.69, 9.17) is 4.74 Å². The second-order valence-corrected chi connectivity index (χ2v) is 5.04. The quantitative estimate of drug-likeness (QED) is 0.247. The fourth-order valence-electron chi connectivity index (χ4n) is 0.836. The summed E-state index contributed by atoms with van der Waals surface area (Å²) in [5.41, 5.74) is 0. The molecule has 6 heteroatoms. The molecule has 0 aromatic heterocycles. The van der Waals surface area contributed by atoms with Gasteiger partial charge in [0.05, 0.1) is 0 Å². The first kappa shape index (κ1) is 15.6. The van der Waals surface area contributed by atoms with Gasteiger partial charge >= 0.3 is 5.97 Å². The number of rotatable bonds is 11. The van der Waals surface area contributed by atoms with E-state index in [9.17, 15) is 9.59 Å². The van der Waals surface area contributed by atoms with E-state index >= 15 is 0 Å². The van der Waals surface area contributed by atoms with E-state index in [1.807, 2.05) is 0 Å². The van der Waals surface area contributed by atoms with Crippen LogP contribution in [0, 0.1) is 0 Å². The molecule has 0 aliphatic heterocycles. The molecular formula is C10H18O4S2. The zero-order chi connectivity index (χ0) is 12.1. The molecule has 0 atom stereocenters. The zero-order valence-electron chi connectivity index (χ0n) is 9.48. The molecule has 0 aromatic rings. The van der Waals surface area contributed by atoms with Gasteiger partial charge in [-0.1, -0.05) is 6.92 Å². The topological polar surface area (TPSA) is 52.6 Å². The minimum absolute atomic E-state index is 0.152. The molecule has 0 rings (SSSR count). The van der Waals surface area contributed by atoms with Crippen LogP contribution in [0.5, 0.6) is 0 Å². The maximum Gasteiger partial charge on any atom is 0.306 e. The molecule has 0 aliphatic rings. The van der Waals surface area contributed by atoms with Crippen LogP contribution in [0.15, 0.2) is 0 Å². The molecule has 0 radical (unpaired) electrons. The Morgan fingerprint density at radius 3 is 2.69 bits per heavy atom. The maximum atomic E-state index is 11.2. The van der Waals surface area contributed by atoms with Gasteiger partial charge in [-0.15, -0.1) is 23.5 Å². The Kier molecular flexibility index (Phi) is 12.4. The van der Waals surface area contributed by atoms with Crippen molar-refractivity contribution in [3.05, 3.63) is 0 Å². The Labute approximate surface area is 105 Å². The molecule has 0 amide bonds. The van der Waals surface area contributed by atoms with Crippen molar-refractivity contribution >= 4 is 36.0 Å². The molecule has 0 spiro atoms. The average Bonchev–Trinajstić information content (AvgIpc) is 2.29. The van der Waals surface area contributed by atoms with Gasteiger partial charge in [0.2, 0.25) is 0 Å². The number of ether oxygens (including phenoxy) is 2. The largest absolute Gasteiger partial charge is 0.457 e. The highest BCUT2D eigenvalue weighted by Gasteiger charge is 2.02. The lowest BCUT2D eigenvalue weighted by Crippen LogP contribution is -2.04. The molecule has 94 valence electrons. The highest BCUT2D eigenvalue weighted by atomic mass is 32.2. The first-order valence-corrected chi connectivity index (χ1v) is 7.48. The van der Waals surface area contributed by atoms with Crippen LogP contribution in [0.4, 0.5) is 0 Å². The Bertz CT molecular complexity index is 188. The third-order valence-electron chi connectivity index (χ3n) is 1.54. The summed E-state index contributed by atoms with van der Waals surface area (Å²) in [5, 5.41) is 0. The molecular weight excluding hydrogens is 248 g/mol. The van der Waals surface area contributed by atoms with Gasteiger partial charge in [0.25, 0.3) is 6.47 Å². The number of carbonyl (C=O) groups is 2. The fourth-order valence-corrected chi connectivity index (χ4v) is 2.08. The molecule has 0 aliphatic carbocycles. The highest BCUT2D eigenvalue weighted by Crippen LogP contribution is 2.07. The number of carbonyl (C=O) groups excluding carboxylic acids is 2. The van der Waals surface area contributed by atoms with Crippen LogP contribution in [0.1, 0.15) is 26.2 Å². The molecule has 0 unspecified atom stereocenters. The lowest BCUT2D eigenvalue weighted by atomic mass is 10.3. The van der Waals surface area contributed by atoms with Crippen molar-refractivity contribution in [1.82, 2.24) is 0 Å². The van der Waals surface area contributed by atoms with Crippen LogP contribution in [-0.4, -0.2) is 35.8 Å². The predicted molar refractivity (Wildman–Crippen MR) is 67.4 cm³/mol. The van der Waals surface area contributed by atoms with Crippen molar-refractivity contribution in [3.8, 4) is 0 Å². The van der Waals surface area contributed by atoms with E-state index in [2.05, 4.69) is 11.7 Å². The van der Waals surface area contributed by atoms with Gasteiger partial charge in [0.1, 0.15) is 11.9 Å². The molecule has 0 saturated carbocycles. The molecule has 0 heterocycles. The van der Waals surface area contributed by atoms with E-state index in [0.717, 1.165) is 24.3 Å². The number of hydrogen-bond donors (Lipinski definition) is 0. The molecule has 0 N–H and O–H groups in total. The van der Waals surface area contributed by atoms with Crippen LogP contribution in [0.25, 0.3) is 0 Å². The molecule has 16 heavy (non-hydrogen) atoms. The summed E-state index contributed by atoms with van der Waals surface area (Å²) in [6.07, 6.45) is 2.28. The monoisotopic (exact) mass is 266 g/mol. The summed E-state index contributed by atoms with van der Waals surface area (Å²) in [7, 11) is 0. The van der Waals surface area contributed by atoms with Crippen molar-refractivity contribution in [2.24, 2.45) is 0 Å². The van der Waals surface area contributed by atoms with E-state index in [1.165, 1.54) is 11.8 Å². The van der Waals surface area contributed by atoms with Gasteiger partial charge in [0.15, 0.2) is 0 Å². The van der Waals surface area contributed by atoms with Gasteiger partial charge in [-0.05, 0) is 24.3 Å². The Balaban J connectivity index is 3.14. The van der Waals surface area contributed by atoms with E-state index in [1.54, 1.807) is 11.8 Å². The number of hydrogen-bond acceptors (Lipinski definition) is 6. The first-order chi connectivity index (χ1) is 7.81. The molecule has 0 bridgehead atoms. The lowest BCUT2D eigenvalue weighted by Gasteiger charge is -2.03. The summed E-state index contributed by atoms with van der Waals surface area (Å²) in [6.45, 7) is 2.51. The predicted octanol–water partition coefficient (Wildman–Crippen LogP) is 2.27. The zero-order valence-corrected chi connectivity index (χ0v) is 11.1. The summed E-state index contributed by atoms with van der Waals surface area (Å²) in [5.74, 6) is 2.47. The maximum absolute atomic E-state index is 11.2. The average molecular weight is 266 g/mol. The number of esters is 1. The molecule has 0 aromatic carbocycles. The first-order valence-electron chi connectivity index (χ1n) is 5.17. The van der Waals surface area contributed by atoms with Crippen molar-refractivity contribution in [2.45, 2.75) is 26.2 Å². The third-order valence-corrected chi connectivity index (χ3v) is 3.40. The van der Waals surface area contributed by atoms with Crippen molar-refractivity contribution in [1.29, 1.82) is 0 Å². The SMILES string of the molecule is CCCSCOC(=O)CCCSCOC=O. The molecule has 0 saturated heterocycles. The fraction of sp³-hybridized carbons (Fsp3) is 0.800. The van der Waals surface area contributed by atoms with E-state index in [-0.39, 0.29) is 5.97 Å². The van der Waals surface area contributed by atoms with Gasteiger partial charge in [0, 0.05) is 6.42 Å². The van der Waals surface area contributed by atoms with E-state index in [0.29, 0.717) is 24.8 Å². The van der Waals surface area contributed by atoms with Gasteiger partial charge in [-0.2, -0.15) is 0 Å². The Morgan fingerprint density at radius 1 is 1.25 bits per heavy atom. The summed E-state index contributed by atoms with van der Waals surface area (Å²) >= 11 is 3.11. The summed E-state index contributed by atoms with van der Waals surface area (Å²) in [4.78, 5) is 21.0. The van der Waals surface area contributed by atoms with Crippen LogP contribution in [0.3, 0.4) is 0 Å². The van der Waals surface area contributed by atoms with Crippen LogP contribution >= 0.6 is 23.5 Å². The Morgan fingerprint density at radius 2 is 2.00 bits per heavy atom. The summed E-state index contributed by atoms with van der Waals surface area (Å²) in [6, 6.07) is 0. The van der Waals surface area contributed by atoms with Gasteiger partial charge in [-0.3, -0.25) is 9.59 Å². The third kappa shape index (κ3) is 11.7. The molecule has 0 fully saturated rings. The second kappa shape index (κ2) is 12.7. The van der Waals surface area contributed by atoms with Crippen molar-refractivity contribution in [3.63, 3.8) is 0 Å². The number of thioether (sulfide) groups is 2. The normalized spacial score (nSPS) is 9.81. The minimum Gasteiger partial charge on any atom is -0.457 e. The van der Waals surface area contributed by atoms with E-state index < -0.39 is 0 Å². The van der Waals surface area contributed by atoms with Crippen molar-refractivity contribution in [2.75, 3.05) is 23.4 Å². The van der Waals surface area contributed by atoms with Crippen LogP contribution in [0.2, 0.25) is 0 Å². The van der Waals surface area contributed by atoms with Gasteiger partial charge in [-0.25, -0.2) is 0 Å². The van der Waals surface area contributed by atoms with Crippen LogP contribution in [-0.2, 0) is 19.1 Å².